The Balaban J connectivity index is 3.50. The maximum atomic E-state index is 11.4. The highest BCUT2D eigenvalue weighted by molar-refractivity contribution is 5.80. The summed E-state index contributed by atoms with van der Waals surface area (Å²) in [5.41, 5.74) is 0. The standard InChI is InChI=1S/C11H20O2/c1-3-4-7-10(2)11(13)8-5-6-9-12/h9-10H,3-8H2,1-2H3. The average molecular weight is 184 g/mol. The van der Waals surface area contributed by atoms with E-state index in [0.717, 1.165) is 32.0 Å². The van der Waals surface area contributed by atoms with E-state index in [4.69, 9.17) is 0 Å². The van der Waals surface area contributed by atoms with E-state index in [-0.39, 0.29) is 5.92 Å². The normalized spacial score (nSPS) is 12.5. The molecule has 0 heterocycles. The number of carbonyl (C=O) groups excluding carboxylic acids is 2. The molecule has 0 aliphatic heterocycles. The molecule has 0 bridgehead atoms. The van der Waals surface area contributed by atoms with Crippen LogP contribution in [0, 0.1) is 5.92 Å². The number of aldehydes is 1. The van der Waals surface area contributed by atoms with Gasteiger partial charge in [-0.15, -0.1) is 0 Å². The number of unbranched alkanes of at least 4 members (excludes halogenated alkanes) is 2. The van der Waals surface area contributed by atoms with Crippen molar-refractivity contribution in [3.63, 3.8) is 0 Å². The molecule has 13 heavy (non-hydrogen) atoms. The molecular weight excluding hydrogens is 164 g/mol. The molecule has 1 unspecified atom stereocenters. The molecule has 0 aromatic heterocycles. The molecule has 76 valence electrons. The van der Waals surface area contributed by atoms with E-state index >= 15 is 0 Å². The molecule has 2 nitrogen and oxygen atoms in total. The Kier molecular flexibility index (Phi) is 7.56. The molecule has 0 amide bonds. The van der Waals surface area contributed by atoms with Crippen molar-refractivity contribution in [1.82, 2.24) is 0 Å². The summed E-state index contributed by atoms with van der Waals surface area (Å²) in [5.74, 6) is 0.502. The van der Waals surface area contributed by atoms with Crippen LogP contribution in [0.5, 0.6) is 0 Å². The van der Waals surface area contributed by atoms with E-state index in [9.17, 15) is 9.59 Å². The Morgan fingerprint density at radius 1 is 1.38 bits per heavy atom. The van der Waals surface area contributed by atoms with Crippen LogP contribution in [0.2, 0.25) is 0 Å². The predicted molar refractivity (Wildman–Crippen MR) is 53.6 cm³/mol. The summed E-state index contributed by atoms with van der Waals surface area (Å²) < 4.78 is 0. The SMILES string of the molecule is CCCCC(C)C(=O)CCCC=O. The van der Waals surface area contributed by atoms with Gasteiger partial charge in [-0.05, 0) is 12.8 Å². The van der Waals surface area contributed by atoms with Crippen LogP contribution in [0.25, 0.3) is 0 Å². The predicted octanol–water partition coefficient (Wildman–Crippen LogP) is 2.75. The smallest absolute Gasteiger partial charge is 0.135 e. The first-order valence-electron chi connectivity index (χ1n) is 5.18. The van der Waals surface area contributed by atoms with Crippen molar-refractivity contribution in [3.8, 4) is 0 Å². The van der Waals surface area contributed by atoms with Crippen LogP contribution in [-0.2, 0) is 9.59 Å². The summed E-state index contributed by atoms with van der Waals surface area (Å²) in [6.45, 7) is 4.11. The first kappa shape index (κ1) is 12.3. The second-order valence-electron chi connectivity index (χ2n) is 3.57. The van der Waals surface area contributed by atoms with Gasteiger partial charge in [0.05, 0.1) is 0 Å². The van der Waals surface area contributed by atoms with E-state index in [1.54, 1.807) is 0 Å². The molecule has 0 fully saturated rings. The van der Waals surface area contributed by atoms with Gasteiger partial charge >= 0.3 is 0 Å². The van der Waals surface area contributed by atoms with Gasteiger partial charge < -0.3 is 4.79 Å². The molecule has 0 aromatic rings. The molecule has 0 spiro atoms. The average Bonchev–Trinajstić information content (AvgIpc) is 2.14. The Hall–Kier alpha value is -0.660. The molecule has 0 rings (SSSR count). The van der Waals surface area contributed by atoms with E-state index in [2.05, 4.69) is 6.92 Å². The molecule has 0 aliphatic carbocycles. The number of hydrogen-bond donors (Lipinski definition) is 0. The second kappa shape index (κ2) is 7.96. The minimum Gasteiger partial charge on any atom is -0.303 e. The Labute approximate surface area is 80.7 Å². The Morgan fingerprint density at radius 3 is 2.62 bits per heavy atom. The first-order valence-corrected chi connectivity index (χ1v) is 5.18. The lowest BCUT2D eigenvalue weighted by Crippen LogP contribution is -2.10. The number of ketones is 1. The van der Waals surface area contributed by atoms with Crippen molar-refractivity contribution in [2.45, 2.75) is 52.4 Å². The third-order valence-electron chi connectivity index (χ3n) is 2.29. The Morgan fingerprint density at radius 2 is 2.08 bits per heavy atom. The quantitative estimate of drug-likeness (QED) is 0.429. The van der Waals surface area contributed by atoms with Gasteiger partial charge in [0, 0.05) is 18.8 Å². The van der Waals surface area contributed by atoms with Gasteiger partial charge in [0.25, 0.3) is 0 Å². The van der Waals surface area contributed by atoms with Crippen LogP contribution >= 0.6 is 0 Å². The van der Waals surface area contributed by atoms with Crippen molar-refractivity contribution >= 4 is 12.1 Å². The lowest BCUT2D eigenvalue weighted by molar-refractivity contribution is -0.122. The van der Waals surface area contributed by atoms with Crippen LogP contribution in [0.3, 0.4) is 0 Å². The van der Waals surface area contributed by atoms with E-state index < -0.39 is 0 Å². The fourth-order valence-electron chi connectivity index (χ4n) is 1.28. The summed E-state index contributed by atoms with van der Waals surface area (Å²) in [7, 11) is 0. The molecular formula is C11H20O2. The first-order chi connectivity index (χ1) is 6.22. The highest BCUT2D eigenvalue weighted by atomic mass is 16.1. The number of Topliss-reactive ketones (excluding diaryl/α,β-unsaturated/α-hetero) is 1. The van der Waals surface area contributed by atoms with Crippen molar-refractivity contribution in [3.05, 3.63) is 0 Å². The highest BCUT2D eigenvalue weighted by Gasteiger charge is 2.10. The molecule has 0 saturated carbocycles. The summed E-state index contributed by atoms with van der Waals surface area (Å²) in [4.78, 5) is 21.4. The lowest BCUT2D eigenvalue weighted by Gasteiger charge is -2.08. The largest absolute Gasteiger partial charge is 0.303 e. The third kappa shape index (κ3) is 6.50. The lowest BCUT2D eigenvalue weighted by atomic mass is 9.96. The fourth-order valence-corrected chi connectivity index (χ4v) is 1.28. The zero-order chi connectivity index (χ0) is 10.1. The third-order valence-corrected chi connectivity index (χ3v) is 2.29. The van der Waals surface area contributed by atoms with E-state index in [1.165, 1.54) is 0 Å². The molecule has 1 atom stereocenters. The van der Waals surface area contributed by atoms with Gasteiger partial charge in [-0.1, -0.05) is 26.7 Å². The van der Waals surface area contributed by atoms with Crippen LogP contribution < -0.4 is 0 Å². The maximum Gasteiger partial charge on any atom is 0.135 e. The molecule has 0 N–H and O–H groups in total. The zero-order valence-corrected chi connectivity index (χ0v) is 8.71. The van der Waals surface area contributed by atoms with E-state index in [0.29, 0.717) is 18.6 Å². The Bertz CT molecular complexity index is 152. The van der Waals surface area contributed by atoms with Crippen LogP contribution in [0.15, 0.2) is 0 Å². The van der Waals surface area contributed by atoms with Crippen molar-refractivity contribution in [1.29, 1.82) is 0 Å². The number of rotatable bonds is 8. The van der Waals surface area contributed by atoms with Gasteiger partial charge in [-0.2, -0.15) is 0 Å². The summed E-state index contributed by atoms with van der Waals surface area (Å²) in [6.07, 6.45) is 5.96. The van der Waals surface area contributed by atoms with Crippen LogP contribution in [0.4, 0.5) is 0 Å². The van der Waals surface area contributed by atoms with Crippen molar-refractivity contribution in [2.24, 2.45) is 5.92 Å². The van der Waals surface area contributed by atoms with Crippen molar-refractivity contribution in [2.75, 3.05) is 0 Å². The molecule has 2 heteroatoms. The molecule has 0 aliphatic rings. The van der Waals surface area contributed by atoms with Gasteiger partial charge in [-0.3, -0.25) is 4.79 Å². The minimum absolute atomic E-state index is 0.187. The monoisotopic (exact) mass is 184 g/mol. The fraction of sp³-hybridized carbons (Fsp3) is 0.818. The van der Waals surface area contributed by atoms with Crippen LogP contribution in [-0.4, -0.2) is 12.1 Å². The topological polar surface area (TPSA) is 34.1 Å². The highest BCUT2D eigenvalue weighted by Crippen LogP contribution is 2.12. The second-order valence-corrected chi connectivity index (χ2v) is 3.57. The maximum absolute atomic E-state index is 11.4. The van der Waals surface area contributed by atoms with E-state index in [1.807, 2.05) is 6.92 Å². The number of carbonyl (C=O) groups is 2. The molecule has 0 aromatic carbocycles. The molecule has 0 radical (unpaired) electrons. The van der Waals surface area contributed by atoms with Gasteiger partial charge in [0.15, 0.2) is 0 Å². The zero-order valence-electron chi connectivity index (χ0n) is 8.71. The van der Waals surface area contributed by atoms with Crippen LogP contribution in [0.1, 0.15) is 52.4 Å². The summed E-state index contributed by atoms with van der Waals surface area (Å²) >= 11 is 0. The summed E-state index contributed by atoms with van der Waals surface area (Å²) in [6, 6.07) is 0. The van der Waals surface area contributed by atoms with Gasteiger partial charge in [0.1, 0.15) is 12.1 Å². The van der Waals surface area contributed by atoms with Crippen molar-refractivity contribution < 1.29 is 9.59 Å². The number of hydrogen-bond acceptors (Lipinski definition) is 2. The molecule has 0 saturated heterocycles. The minimum atomic E-state index is 0.187. The van der Waals surface area contributed by atoms with Gasteiger partial charge in [-0.25, -0.2) is 0 Å². The summed E-state index contributed by atoms with van der Waals surface area (Å²) in [5, 5.41) is 0. The van der Waals surface area contributed by atoms with Gasteiger partial charge in [0.2, 0.25) is 0 Å².